The molecule has 0 aliphatic carbocycles. The fourth-order valence-corrected chi connectivity index (χ4v) is 0.429. The van der Waals surface area contributed by atoms with E-state index in [0.717, 1.165) is 0 Å². The zero-order chi connectivity index (χ0) is 8.91. The Labute approximate surface area is 60.1 Å². The molecule has 0 aliphatic rings. The predicted octanol–water partition coefficient (Wildman–Crippen LogP) is 2.57. The van der Waals surface area contributed by atoms with Crippen molar-refractivity contribution in [1.82, 2.24) is 0 Å². The molecule has 0 heterocycles. The number of halogens is 5. The minimum absolute atomic E-state index is 0.854. The summed E-state index contributed by atoms with van der Waals surface area (Å²) in [6.45, 7) is -1.40. The van der Waals surface area contributed by atoms with Crippen LogP contribution in [-0.4, -0.2) is 19.4 Å². The summed E-state index contributed by atoms with van der Waals surface area (Å²) in [6, 6.07) is 0. The minimum atomic E-state index is -4.41. The van der Waals surface area contributed by atoms with E-state index in [0.29, 0.717) is 0 Å². The maximum Gasteiger partial charge on any atom is 0.389 e. The van der Waals surface area contributed by atoms with E-state index in [1.54, 1.807) is 0 Å². The second kappa shape index (κ2) is 4.48. The molecule has 0 N–H and O–H groups in total. The lowest BCUT2D eigenvalue weighted by Crippen LogP contribution is -2.13. The van der Waals surface area contributed by atoms with E-state index in [-0.39, 0.29) is 0 Å². The highest BCUT2D eigenvalue weighted by Crippen LogP contribution is 2.23. The third-order valence-electron chi connectivity index (χ3n) is 0.899. The van der Waals surface area contributed by atoms with E-state index in [1.165, 1.54) is 0 Å². The molecular weight excluding hydrogens is 171 g/mol. The standard InChI is InChI=1S/C5H7F5O/c6-3-11-4(7)1-2-5(8,9)10/h4H,1-3H2. The summed E-state index contributed by atoms with van der Waals surface area (Å²) >= 11 is 0. The summed E-state index contributed by atoms with van der Waals surface area (Å²) in [6.07, 6.45) is -8.73. The van der Waals surface area contributed by atoms with Gasteiger partial charge in [-0.3, -0.25) is 0 Å². The van der Waals surface area contributed by atoms with Gasteiger partial charge in [-0.15, -0.1) is 0 Å². The second-order valence-corrected chi connectivity index (χ2v) is 1.84. The molecule has 1 unspecified atom stereocenters. The molecule has 0 aromatic heterocycles. The number of ether oxygens (including phenoxy) is 1. The van der Waals surface area contributed by atoms with Crippen molar-refractivity contribution in [1.29, 1.82) is 0 Å². The monoisotopic (exact) mass is 178 g/mol. The quantitative estimate of drug-likeness (QED) is 0.601. The Balaban J connectivity index is 3.38. The number of hydrogen-bond acceptors (Lipinski definition) is 1. The Bertz CT molecular complexity index is 102. The lowest BCUT2D eigenvalue weighted by molar-refractivity contribution is -0.155. The Morgan fingerprint density at radius 1 is 1.27 bits per heavy atom. The van der Waals surface area contributed by atoms with Gasteiger partial charge in [-0.2, -0.15) is 13.2 Å². The highest BCUT2D eigenvalue weighted by Gasteiger charge is 2.28. The molecule has 68 valence electrons. The fourth-order valence-electron chi connectivity index (χ4n) is 0.429. The van der Waals surface area contributed by atoms with Crippen molar-refractivity contribution < 1.29 is 26.7 Å². The van der Waals surface area contributed by atoms with E-state index in [1.807, 2.05) is 0 Å². The zero-order valence-corrected chi connectivity index (χ0v) is 5.50. The van der Waals surface area contributed by atoms with Crippen LogP contribution in [0.5, 0.6) is 0 Å². The van der Waals surface area contributed by atoms with Crippen LogP contribution in [0.15, 0.2) is 0 Å². The van der Waals surface area contributed by atoms with Gasteiger partial charge in [0, 0.05) is 12.8 Å². The van der Waals surface area contributed by atoms with Gasteiger partial charge in [0.1, 0.15) is 0 Å². The fraction of sp³-hybridized carbons (Fsp3) is 1.00. The van der Waals surface area contributed by atoms with Gasteiger partial charge >= 0.3 is 6.18 Å². The molecule has 11 heavy (non-hydrogen) atoms. The van der Waals surface area contributed by atoms with Crippen LogP contribution in [0.3, 0.4) is 0 Å². The predicted molar refractivity (Wildman–Crippen MR) is 27.2 cm³/mol. The van der Waals surface area contributed by atoms with Gasteiger partial charge in [-0.1, -0.05) is 0 Å². The molecule has 0 fully saturated rings. The normalized spacial score (nSPS) is 15.0. The zero-order valence-electron chi connectivity index (χ0n) is 5.50. The summed E-state index contributed by atoms with van der Waals surface area (Å²) in [4.78, 5) is 0. The first-order chi connectivity index (χ1) is 4.95. The Hall–Kier alpha value is -0.390. The minimum Gasteiger partial charge on any atom is -0.317 e. The molecule has 0 spiro atoms. The topological polar surface area (TPSA) is 9.23 Å². The van der Waals surface area contributed by atoms with Crippen molar-refractivity contribution in [2.45, 2.75) is 25.4 Å². The molecule has 0 aromatic rings. The maximum absolute atomic E-state index is 12.0. The maximum atomic E-state index is 12.0. The van der Waals surface area contributed by atoms with Gasteiger partial charge in [0.15, 0.2) is 6.86 Å². The van der Waals surface area contributed by atoms with Crippen molar-refractivity contribution in [2.75, 3.05) is 6.86 Å². The van der Waals surface area contributed by atoms with Crippen LogP contribution >= 0.6 is 0 Å². The van der Waals surface area contributed by atoms with E-state index >= 15 is 0 Å². The Morgan fingerprint density at radius 2 is 1.82 bits per heavy atom. The average molecular weight is 178 g/mol. The highest BCUT2D eigenvalue weighted by atomic mass is 19.4. The summed E-state index contributed by atoms with van der Waals surface area (Å²) in [7, 11) is 0. The smallest absolute Gasteiger partial charge is 0.317 e. The molecule has 0 amide bonds. The molecule has 0 saturated heterocycles. The van der Waals surface area contributed by atoms with Gasteiger partial charge in [0.05, 0.1) is 0 Å². The largest absolute Gasteiger partial charge is 0.389 e. The molecule has 0 aromatic carbocycles. The molecule has 0 aliphatic heterocycles. The second-order valence-electron chi connectivity index (χ2n) is 1.84. The third-order valence-corrected chi connectivity index (χ3v) is 0.899. The van der Waals surface area contributed by atoms with Crippen molar-refractivity contribution >= 4 is 0 Å². The molecular formula is C5H7F5O. The Morgan fingerprint density at radius 3 is 2.18 bits per heavy atom. The lowest BCUT2D eigenvalue weighted by atomic mass is 10.3. The first kappa shape index (κ1) is 10.6. The van der Waals surface area contributed by atoms with Crippen LogP contribution < -0.4 is 0 Å². The van der Waals surface area contributed by atoms with E-state index < -0.39 is 32.2 Å². The van der Waals surface area contributed by atoms with Crippen LogP contribution in [0.1, 0.15) is 12.8 Å². The molecule has 1 nitrogen and oxygen atoms in total. The molecule has 6 heteroatoms. The van der Waals surface area contributed by atoms with Crippen molar-refractivity contribution in [2.24, 2.45) is 0 Å². The van der Waals surface area contributed by atoms with Crippen molar-refractivity contribution in [3.05, 3.63) is 0 Å². The summed E-state index contributed by atoms with van der Waals surface area (Å²) in [5, 5.41) is 0. The molecule has 1 atom stereocenters. The highest BCUT2D eigenvalue weighted by molar-refractivity contribution is 4.52. The summed E-state index contributed by atoms with van der Waals surface area (Å²) in [5.74, 6) is 0. The van der Waals surface area contributed by atoms with Crippen LogP contribution in [0.25, 0.3) is 0 Å². The van der Waals surface area contributed by atoms with Gasteiger partial charge in [-0.25, -0.2) is 8.78 Å². The summed E-state index contributed by atoms with van der Waals surface area (Å²) < 4.78 is 60.7. The van der Waals surface area contributed by atoms with Crippen LogP contribution in [0.4, 0.5) is 22.0 Å². The average Bonchev–Trinajstić information content (AvgIpc) is 1.83. The Kier molecular flexibility index (Phi) is 4.32. The molecule has 0 saturated carbocycles. The van der Waals surface area contributed by atoms with Gasteiger partial charge in [-0.05, 0) is 0 Å². The number of alkyl halides is 5. The van der Waals surface area contributed by atoms with Crippen molar-refractivity contribution in [3.8, 4) is 0 Å². The van der Waals surface area contributed by atoms with Gasteiger partial charge in [0.25, 0.3) is 0 Å². The molecule has 0 radical (unpaired) electrons. The van der Waals surface area contributed by atoms with Crippen LogP contribution in [-0.2, 0) is 4.74 Å². The van der Waals surface area contributed by atoms with Crippen molar-refractivity contribution in [3.63, 3.8) is 0 Å². The first-order valence-corrected chi connectivity index (χ1v) is 2.84. The first-order valence-electron chi connectivity index (χ1n) is 2.84. The summed E-state index contributed by atoms with van der Waals surface area (Å²) in [5.41, 5.74) is 0. The number of hydrogen-bond donors (Lipinski definition) is 0. The third kappa shape index (κ3) is 7.51. The van der Waals surface area contributed by atoms with E-state index in [9.17, 15) is 22.0 Å². The molecule has 0 bridgehead atoms. The lowest BCUT2D eigenvalue weighted by Gasteiger charge is -2.08. The van der Waals surface area contributed by atoms with E-state index in [4.69, 9.17) is 0 Å². The van der Waals surface area contributed by atoms with Crippen LogP contribution in [0, 0.1) is 0 Å². The molecule has 0 rings (SSSR count). The van der Waals surface area contributed by atoms with Crippen LogP contribution in [0.2, 0.25) is 0 Å². The van der Waals surface area contributed by atoms with E-state index in [2.05, 4.69) is 4.74 Å². The van der Waals surface area contributed by atoms with Gasteiger partial charge < -0.3 is 4.74 Å². The number of rotatable bonds is 4. The van der Waals surface area contributed by atoms with Gasteiger partial charge in [0.2, 0.25) is 6.36 Å². The SMILES string of the molecule is FCOC(F)CCC(F)(F)F.